The zero-order valence-electron chi connectivity index (χ0n) is 13.7. The van der Waals surface area contributed by atoms with Crippen LogP contribution in [0.1, 0.15) is 23.6 Å². The first kappa shape index (κ1) is 15.9. The van der Waals surface area contributed by atoms with Crippen LogP contribution >= 0.6 is 0 Å². The highest BCUT2D eigenvalue weighted by Gasteiger charge is 2.30. The van der Waals surface area contributed by atoms with Gasteiger partial charge in [-0.1, -0.05) is 42.3 Å². The predicted molar refractivity (Wildman–Crippen MR) is 95.1 cm³/mol. The van der Waals surface area contributed by atoms with E-state index in [1.807, 2.05) is 36.4 Å². The lowest BCUT2D eigenvalue weighted by Crippen LogP contribution is -2.37. The van der Waals surface area contributed by atoms with Crippen molar-refractivity contribution in [3.05, 3.63) is 59.7 Å². The molecule has 0 radical (unpaired) electrons. The maximum absolute atomic E-state index is 12.8. The third-order valence-corrected chi connectivity index (χ3v) is 4.35. The summed E-state index contributed by atoms with van der Waals surface area (Å²) < 4.78 is 5.29. The SMILES string of the molecule is C#CCN(C(=O)Nc1ccccc1OC)[C@H]1CCc2ccccc21. The Morgan fingerprint density at radius 3 is 2.83 bits per heavy atom. The molecule has 0 spiro atoms. The Labute approximate surface area is 142 Å². The summed E-state index contributed by atoms with van der Waals surface area (Å²) in [5.74, 6) is 3.23. The molecule has 0 fully saturated rings. The lowest BCUT2D eigenvalue weighted by Gasteiger charge is -2.28. The number of benzene rings is 2. The Bertz CT molecular complexity index is 779. The van der Waals surface area contributed by atoms with Crippen LogP contribution in [-0.4, -0.2) is 24.6 Å². The van der Waals surface area contributed by atoms with Crippen molar-refractivity contribution < 1.29 is 9.53 Å². The molecule has 3 rings (SSSR count). The summed E-state index contributed by atoms with van der Waals surface area (Å²) in [6.45, 7) is 0.264. The molecular weight excluding hydrogens is 300 g/mol. The summed E-state index contributed by atoms with van der Waals surface area (Å²) in [5.41, 5.74) is 3.11. The lowest BCUT2D eigenvalue weighted by atomic mass is 10.1. The molecule has 0 aromatic heterocycles. The molecule has 2 amide bonds. The van der Waals surface area contributed by atoms with Crippen LogP contribution in [0.25, 0.3) is 0 Å². The van der Waals surface area contributed by atoms with E-state index >= 15 is 0 Å². The van der Waals surface area contributed by atoms with Crippen LogP contribution in [0.5, 0.6) is 5.75 Å². The summed E-state index contributed by atoms with van der Waals surface area (Å²) >= 11 is 0. The molecule has 2 aromatic rings. The highest BCUT2D eigenvalue weighted by molar-refractivity contribution is 5.91. The van der Waals surface area contributed by atoms with Gasteiger partial charge in [-0.25, -0.2) is 4.79 Å². The molecule has 4 heteroatoms. The summed E-state index contributed by atoms with van der Waals surface area (Å²) in [5, 5.41) is 2.92. The molecule has 1 atom stereocenters. The molecule has 0 unspecified atom stereocenters. The zero-order chi connectivity index (χ0) is 16.9. The number of ether oxygens (including phenoxy) is 1. The van der Waals surface area contributed by atoms with Gasteiger partial charge >= 0.3 is 6.03 Å². The Morgan fingerprint density at radius 2 is 2.04 bits per heavy atom. The molecular formula is C20H20N2O2. The van der Waals surface area contributed by atoms with Crippen molar-refractivity contribution in [3.8, 4) is 18.1 Å². The summed E-state index contributed by atoms with van der Waals surface area (Å²) in [6.07, 6.45) is 7.36. The number of carbonyl (C=O) groups is 1. The Balaban J connectivity index is 1.84. The number of hydrogen-bond acceptors (Lipinski definition) is 2. The van der Waals surface area contributed by atoms with Gasteiger partial charge in [0.2, 0.25) is 0 Å². The molecule has 2 aromatic carbocycles. The van der Waals surface area contributed by atoms with E-state index in [0.717, 1.165) is 12.8 Å². The Hall–Kier alpha value is -2.93. The Morgan fingerprint density at radius 1 is 1.29 bits per heavy atom. The smallest absolute Gasteiger partial charge is 0.323 e. The van der Waals surface area contributed by atoms with Crippen molar-refractivity contribution in [1.29, 1.82) is 0 Å². The van der Waals surface area contributed by atoms with Crippen LogP contribution in [0.2, 0.25) is 0 Å². The minimum Gasteiger partial charge on any atom is -0.495 e. The largest absolute Gasteiger partial charge is 0.495 e. The van der Waals surface area contributed by atoms with Crippen LogP contribution in [0.4, 0.5) is 10.5 Å². The second-order valence-corrected chi connectivity index (χ2v) is 5.72. The molecule has 0 aliphatic heterocycles. The van der Waals surface area contributed by atoms with Crippen LogP contribution in [0, 0.1) is 12.3 Å². The van der Waals surface area contributed by atoms with E-state index in [1.54, 1.807) is 12.0 Å². The van der Waals surface area contributed by atoms with Crippen molar-refractivity contribution >= 4 is 11.7 Å². The summed E-state index contributed by atoms with van der Waals surface area (Å²) in [7, 11) is 1.58. The van der Waals surface area contributed by atoms with E-state index in [9.17, 15) is 4.79 Å². The van der Waals surface area contributed by atoms with Crippen LogP contribution < -0.4 is 10.1 Å². The topological polar surface area (TPSA) is 41.6 Å². The normalized spacial score (nSPS) is 15.2. The number of rotatable bonds is 4. The molecule has 1 aliphatic carbocycles. The lowest BCUT2D eigenvalue weighted by molar-refractivity contribution is 0.197. The van der Waals surface area contributed by atoms with Gasteiger partial charge in [-0.15, -0.1) is 6.42 Å². The zero-order valence-corrected chi connectivity index (χ0v) is 13.7. The summed E-state index contributed by atoms with van der Waals surface area (Å²) in [6, 6.07) is 15.4. The number of anilines is 1. The van der Waals surface area contributed by atoms with Gasteiger partial charge in [-0.2, -0.15) is 0 Å². The second kappa shape index (κ2) is 7.10. The number of hydrogen-bond donors (Lipinski definition) is 1. The molecule has 0 heterocycles. The molecule has 1 aliphatic rings. The van der Waals surface area contributed by atoms with Crippen LogP contribution in [0.15, 0.2) is 48.5 Å². The predicted octanol–water partition coefficient (Wildman–Crippen LogP) is 3.85. The number of carbonyl (C=O) groups excluding carboxylic acids is 1. The van der Waals surface area contributed by atoms with Crippen molar-refractivity contribution in [2.45, 2.75) is 18.9 Å². The standard InChI is InChI=1S/C20H20N2O2/c1-3-14-22(18-13-12-15-8-4-5-9-16(15)18)20(23)21-17-10-6-7-11-19(17)24-2/h1,4-11,18H,12-14H2,2H3,(H,21,23)/t18-/m0/s1. The van der Waals surface area contributed by atoms with Crippen LogP contribution in [0.3, 0.4) is 0 Å². The van der Waals surface area contributed by atoms with E-state index in [2.05, 4.69) is 23.4 Å². The molecule has 122 valence electrons. The molecule has 0 bridgehead atoms. The number of terminal acetylenes is 1. The van der Waals surface area contributed by atoms with Gasteiger partial charge in [0.05, 0.1) is 25.4 Å². The maximum Gasteiger partial charge on any atom is 0.323 e. The monoisotopic (exact) mass is 320 g/mol. The Kier molecular flexibility index (Phi) is 4.72. The quantitative estimate of drug-likeness (QED) is 0.869. The van der Waals surface area contributed by atoms with Gasteiger partial charge in [0.15, 0.2) is 0 Å². The number of urea groups is 1. The third-order valence-electron chi connectivity index (χ3n) is 4.35. The van der Waals surface area contributed by atoms with Gasteiger partial charge in [-0.3, -0.25) is 0 Å². The second-order valence-electron chi connectivity index (χ2n) is 5.72. The fourth-order valence-corrected chi connectivity index (χ4v) is 3.22. The number of methoxy groups -OCH3 is 1. The van der Waals surface area contributed by atoms with Gasteiger partial charge in [0.1, 0.15) is 5.75 Å². The highest BCUT2D eigenvalue weighted by atomic mass is 16.5. The molecule has 1 N–H and O–H groups in total. The van der Waals surface area contributed by atoms with Gasteiger partial charge in [0.25, 0.3) is 0 Å². The summed E-state index contributed by atoms with van der Waals surface area (Å²) in [4.78, 5) is 14.6. The number of para-hydroxylation sites is 2. The van der Waals surface area contributed by atoms with E-state index in [4.69, 9.17) is 11.2 Å². The van der Waals surface area contributed by atoms with E-state index in [0.29, 0.717) is 11.4 Å². The minimum atomic E-state index is -0.209. The van der Waals surface area contributed by atoms with Crippen LogP contribution in [-0.2, 0) is 6.42 Å². The fraction of sp³-hybridized carbons (Fsp3) is 0.250. The average Bonchev–Trinajstić information content (AvgIpc) is 3.04. The van der Waals surface area contributed by atoms with Crippen molar-refractivity contribution in [1.82, 2.24) is 4.90 Å². The maximum atomic E-state index is 12.8. The first-order valence-corrected chi connectivity index (χ1v) is 7.96. The number of fused-ring (bicyclic) bond motifs is 1. The average molecular weight is 320 g/mol. The number of nitrogens with one attached hydrogen (secondary N) is 1. The number of nitrogens with zero attached hydrogens (tertiary/aromatic N) is 1. The van der Waals surface area contributed by atoms with Gasteiger partial charge in [-0.05, 0) is 36.1 Å². The molecule has 24 heavy (non-hydrogen) atoms. The molecule has 0 saturated heterocycles. The van der Waals surface area contributed by atoms with E-state index in [-0.39, 0.29) is 18.6 Å². The van der Waals surface area contributed by atoms with Gasteiger partial charge in [0, 0.05) is 0 Å². The number of aryl methyl sites for hydroxylation is 1. The highest BCUT2D eigenvalue weighted by Crippen LogP contribution is 2.36. The van der Waals surface area contributed by atoms with E-state index < -0.39 is 0 Å². The molecule has 4 nitrogen and oxygen atoms in total. The van der Waals surface area contributed by atoms with Gasteiger partial charge < -0.3 is 15.0 Å². The first-order chi connectivity index (χ1) is 11.7. The molecule has 0 saturated carbocycles. The van der Waals surface area contributed by atoms with Crippen molar-refractivity contribution in [2.75, 3.05) is 19.0 Å². The van der Waals surface area contributed by atoms with Crippen molar-refractivity contribution in [2.24, 2.45) is 0 Å². The van der Waals surface area contributed by atoms with E-state index in [1.165, 1.54) is 11.1 Å². The van der Waals surface area contributed by atoms with Crippen molar-refractivity contribution in [3.63, 3.8) is 0 Å². The fourth-order valence-electron chi connectivity index (χ4n) is 3.22. The number of amides is 2. The minimum absolute atomic E-state index is 0.00644. The first-order valence-electron chi connectivity index (χ1n) is 7.96. The third kappa shape index (κ3) is 3.07.